The van der Waals surface area contributed by atoms with Gasteiger partial charge in [0.25, 0.3) is 0 Å². The van der Waals surface area contributed by atoms with Crippen LogP contribution in [0.1, 0.15) is 25.3 Å². The van der Waals surface area contributed by atoms with Gasteiger partial charge >= 0.3 is 0 Å². The highest BCUT2D eigenvalue weighted by Crippen LogP contribution is 2.10. The van der Waals surface area contributed by atoms with E-state index in [1.54, 1.807) is 6.33 Å². The first kappa shape index (κ1) is 11.5. The Morgan fingerprint density at radius 2 is 2.00 bits per heavy atom. The van der Waals surface area contributed by atoms with Crippen molar-refractivity contribution in [1.82, 2.24) is 20.2 Å². The Morgan fingerprint density at radius 1 is 1.31 bits per heavy atom. The number of hydrogen-bond acceptors (Lipinski definition) is 4. The molecule has 16 heavy (non-hydrogen) atoms. The molecule has 88 valence electrons. The fourth-order valence-corrected chi connectivity index (χ4v) is 2.16. The van der Waals surface area contributed by atoms with Crippen LogP contribution in [0, 0.1) is 0 Å². The van der Waals surface area contributed by atoms with E-state index in [4.69, 9.17) is 0 Å². The van der Waals surface area contributed by atoms with Gasteiger partial charge in [0.1, 0.15) is 6.33 Å². The van der Waals surface area contributed by atoms with Gasteiger partial charge in [0.15, 0.2) is 0 Å². The Morgan fingerprint density at radius 3 is 2.69 bits per heavy atom. The maximum atomic E-state index is 4.00. The van der Waals surface area contributed by atoms with Gasteiger partial charge in [0.2, 0.25) is 0 Å². The standard InChI is InChI=1S/C12H20N4/c1-11(16-4-2-3-5-16)6-13-7-12-8-14-10-15-9-12/h8-11,13H,2-7H2,1H3. The summed E-state index contributed by atoms with van der Waals surface area (Å²) < 4.78 is 0. The fourth-order valence-electron chi connectivity index (χ4n) is 2.16. The molecule has 0 radical (unpaired) electrons. The van der Waals surface area contributed by atoms with Crippen molar-refractivity contribution in [3.8, 4) is 0 Å². The van der Waals surface area contributed by atoms with Crippen LogP contribution in [-0.2, 0) is 6.54 Å². The molecule has 0 aromatic carbocycles. The number of nitrogens with one attached hydrogen (secondary N) is 1. The van der Waals surface area contributed by atoms with Crippen molar-refractivity contribution in [2.45, 2.75) is 32.4 Å². The molecule has 1 aromatic heterocycles. The van der Waals surface area contributed by atoms with Crippen LogP contribution >= 0.6 is 0 Å². The van der Waals surface area contributed by atoms with E-state index in [0.717, 1.165) is 18.7 Å². The lowest BCUT2D eigenvalue weighted by Crippen LogP contribution is -2.38. The van der Waals surface area contributed by atoms with Crippen LogP contribution < -0.4 is 5.32 Å². The van der Waals surface area contributed by atoms with Crippen LogP contribution in [0.5, 0.6) is 0 Å². The Kier molecular flexibility index (Phi) is 4.25. The van der Waals surface area contributed by atoms with Crippen LogP contribution in [0.4, 0.5) is 0 Å². The number of hydrogen-bond donors (Lipinski definition) is 1. The van der Waals surface area contributed by atoms with Crippen molar-refractivity contribution in [3.63, 3.8) is 0 Å². The minimum Gasteiger partial charge on any atom is -0.311 e. The molecule has 0 saturated carbocycles. The monoisotopic (exact) mass is 220 g/mol. The van der Waals surface area contributed by atoms with Crippen molar-refractivity contribution in [2.24, 2.45) is 0 Å². The van der Waals surface area contributed by atoms with Crippen molar-refractivity contribution in [1.29, 1.82) is 0 Å². The molecule has 0 spiro atoms. The largest absolute Gasteiger partial charge is 0.311 e. The molecule has 0 aliphatic carbocycles. The van der Waals surface area contributed by atoms with Crippen LogP contribution in [-0.4, -0.2) is 40.5 Å². The topological polar surface area (TPSA) is 41.1 Å². The Balaban J connectivity index is 1.67. The van der Waals surface area contributed by atoms with Crippen LogP contribution in [0.3, 0.4) is 0 Å². The van der Waals surface area contributed by atoms with Crippen molar-refractivity contribution < 1.29 is 0 Å². The summed E-state index contributed by atoms with van der Waals surface area (Å²) in [6.45, 7) is 6.71. The van der Waals surface area contributed by atoms with Crippen molar-refractivity contribution in [3.05, 3.63) is 24.3 Å². The highest BCUT2D eigenvalue weighted by atomic mass is 15.2. The number of aromatic nitrogens is 2. The Labute approximate surface area is 97.1 Å². The molecule has 1 aliphatic heterocycles. The minimum atomic E-state index is 0.632. The molecule has 1 atom stereocenters. The molecule has 1 aromatic rings. The number of likely N-dealkylation sites (tertiary alicyclic amines) is 1. The maximum absolute atomic E-state index is 4.00. The van der Waals surface area contributed by atoms with E-state index in [1.807, 2.05) is 12.4 Å². The Hall–Kier alpha value is -1.00. The lowest BCUT2D eigenvalue weighted by Gasteiger charge is -2.23. The lowest BCUT2D eigenvalue weighted by molar-refractivity contribution is 0.251. The van der Waals surface area contributed by atoms with E-state index in [-0.39, 0.29) is 0 Å². The third-order valence-corrected chi connectivity index (χ3v) is 3.15. The molecule has 4 heteroatoms. The Bertz CT molecular complexity index is 295. The summed E-state index contributed by atoms with van der Waals surface area (Å²) in [4.78, 5) is 10.5. The zero-order valence-electron chi connectivity index (χ0n) is 9.89. The second-order valence-corrected chi connectivity index (χ2v) is 4.47. The van der Waals surface area contributed by atoms with E-state index in [0.29, 0.717) is 6.04 Å². The SMILES string of the molecule is CC(CNCc1cncnc1)N1CCCC1. The van der Waals surface area contributed by atoms with Crippen LogP contribution in [0.2, 0.25) is 0 Å². The molecular formula is C12H20N4. The zero-order valence-corrected chi connectivity index (χ0v) is 9.89. The molecule has 1 unspecified atom stereocenters. The predicted molar refractivity (Wildman–Crippen MR) is 64.0 cm³/mol. The first-order chi connectivity index (χ1) is 7.86. The number of nitrogens with zero attached hydrogens (tertiary/aromatic N) is 3. The first-order valence-electron chi connectivity index (χ1n) is 6.05. The third kappa shape index (κ3) is 3.25. The van der Waals surface area contributed by atoms with Gasteiger partial charge in [-0.25, -0.2) is 9.97 Å². The third-order valence-electron chi connectivity index (χ3n) is 3.15. The summed E-state index contributed by atoms with van der Waals surface area (Å²) in [6.07, 6.45) is 8.01. The van der Waals surface area contributed by atoms with Crippen molar-refractivity contribution in [2.75, 3.05) is 19.6 Å². The highest BCUT2D eigenvalue weighted by molar-refractivity contribution is 5.01. The van der Waals surface area contributed by atoms with Gasteiger partial charge in [-0.15, -0.1) is 0 Å². The second-order valence-electron chi connectivity index (χ2n) is 4.47. The molecule has 1 N–H and O–H groups in total. The van der Waals surface area contributed by atoms with Crippen LogP contribution in [0.25, 0.3) is 0 Å². The molecule has 0 amide bonds. The van der Waals surface area contributed by atoms with Crippen LogP contribution in [0.15, 0.2) is 18.7 Å². The van der Waals surface area contributed by atoms with Gasteiger partial charge in [-0.1, -0.05) is 0 Å². The molecule has 1 saturated heterocycles. The summed E-state index contributed by atoms with van der Waals surface area (Å²) in [5, 5.41) is 3.46. The van der Waals surface area contributed by atoms with Gasteiger partial charge in [-0.2, -0.15) is 0 Å². The summed E-state index contributed by atoms with van der Waals surface area (Å²) in [6, 6.07) is 0.632. The van der Waals surface area contributed by atoms with Gasteiger partial charge in [-0.05, 0) is 32.9 Å². The van der Waals surface area contributed by atoms with E-state index in [2.05, 4.69) is 27.1 Å². The second kappa shape index (κ2) is 5.92. The highest BCUT2D eigenvalue weighted by Gasteiger charge is 2.17. The van der Waals surface area contributed by atoms with Gasteiger partial charge in [0.05, 0.1) is 0 Å². The zero-order chi connectivity index (χ0) is 11.2. The summed E-state index contributed by atoms with van der Waals surface area (Å²) in [5.41, 5.74) is 1.15. The average molecular weight is 220 g/mol. The minimum absolute atomic E-state index is 0.632. The molecule has 1 fully saturated rings. The molecule has 0 bridgehead atoms. The van der Waals surface area contributed by atoms with Gasteiger partial charge < -0.3 is 5.32 Å². The first-order valence-corrected chi connectivity index (χ1v) is 6.05. The van der Waals surface area contributed by atoms with Crippen molar-refractivity contribution >= 4 is 0 Å². The summed E-state index contributed by atoms with van der Waals surface area (Å²) in [5.74, 6) is 0. The lowest BCUT2D eigenvalue weighted by atomic mass is 10.3. The molecule has 2 rings (SSSR count). The summed E-state index contributed by atoms with van der Waals surface area (Å²) in [7, 11) is 0. The van der Waals surface area contributed by atoms with Gasteiger partial charge in [0, 0.05) is 37.1 Å². The normalized spacial score (nSPS) is 18.8. The molecule has 1 aliphatic rings. The van der Waals surface area contributed by atoms with Gasteiger partial charge in [-0.3, -0.25) is 4.90 Å². The summed E-state index contributed by atoms with van der Waals surface area (Å²) >= 11 is 0. The fraction of sp³-hybridized carbons (Fsp3) is 0.667. The smallest absolute Gasteiger partial charge is 0.115 e. The van der Waals surface area contributed by atoms with E-state index in [9.17, 15) is 0 Å². The quantitative estimate of drug-likeness (QED) is 0.805. The molecule has 4 nitrogen and oxygen atoms in total. The maximum Gasteiger partial charge on any atom is 0.115 e. The molecular weight excluding hydrogens is 200 g/mol. The average Bonchev–Trinajstić information content (AvgIpc) is 2.84. The van der Waals surface area contributed by atoms with E-state index >= 15 is 0 Å². The molecule has 2 heterocycles. The predicted octanol–water partition coefficient (Wildman–Crippen LogP) is 1.05. The van der Waals surface area contributed by atoms with E-state index in [1.165, 1.54) is 25.9 Å². The number of rotatable bonds is 5. The van der Waals surface area contributed by atoms with E-state index < -0.39 is 0 Å².